The third kappa shape index (κ3) is 8.61. The highest BCUT2D eigenvalue weighted by Gasteiger charge is 1.93. The Morgan fingerprint density at radius 3 is 1.86 bits per heavy atom. The molecule has 0 aliphatic carbocycles. The number of nitrogens with two attached hydrogens (primary N) is 1. The van der Waals surface area contributed by atoms with Gasteiger partial charge in [0.15, 0.2) is 0 Å². The summed E-state index contributed by atoms with van der Waals surface area (Å²) in [5.74, 6) is 0. The van der Waals surface area contributed by atoms with E-state index in [1.54, 1.807) is 6.08 Å². The Hall–Kier alpha value is -2.12. The summed E-state index contributed by atoms with van der Waals surface area (Å²) in [5.41, 5.74) is 8.50. The van der Waals surface area contributed by atoms with Crippen molar-refractivity contribution in [3.63, 3.8) is 0 Å². The maximum Gasteiger partial charge on any atom is -0.00915 e. The van der Waals surface area contributed by atoms with Crippen molar-refractivity contribution in [1.29, 1.82) is 0 Å². The zero-order chi connectivity index (χ0) is 15.9. The monoisotopic (exact) mass is 281 g/mol. The first-order valence-electron chi connectivity index (χ1n) is 7.18. The molecule has 1 nitrogen and oxygen atoms in total. The zero-order valence-electron chi connectivity index (χ0n) is 13.4. The molecule has 0 heterocycles. The van der Waals surface area contributed by atoms with Crippen LogP contribution in [0.2, 0.25) is 0 Å². The van der Waals surface area contributed by atoms with Gasteiger partial charge in [-0.25, -0.2) is 0 Å². The van der Waals surface area contributed by atoms with Crippen LogP contribution in [0, 0.1) is 0 Å². The van der Waals surface area contributed by atoms with Gasteiger partial charge in [0.2, 0.25) is 0 Å². The number of allylic oxidation sites excluding steroid dienone is 3. The molecule has 0 amide bonds. The fraction of sp³-hybridized carbons (Fsp3) is 0.200. The second-order valence-electron chi connectivity index (χ2n) is 4.35. The maximum atomic E-state index is 4.50. The first-order valence-corrected chi connectivity index (χ1v) is 7.18. The van der Waals surface area contributed by atoms with Crippen molar-refractivity contribution in [2.45, 2.75) is 20.3 Å². The lowest BCUT2D eigenvalue weighted by atomic mass is 10.0. The van der Waals surface area contributed by atoms with Gasteiger partial charge in [-0.3, -0.25) is 0 Å². The van der Waals surface area contributed by atoms with Gasteiger partial charge in [0.05, 0.1) is 0 Å². The molecule has 0 aliphatic rings. The van der Waals surface area contributed by atoms with Gasteiger partial charge in [-0.1, -0.05) is 72.8 Å². The standard InChI is InChI=1S/C16H16.C3H6.CH5N/c1-14(16-10-6-3-7-11-16)12-13-15-8-4-2-5-9-15;1-3-2;1-2/h2-12H,13H2,1H3;3H,1H2,2H3;2H2,1H3/b14-12+;;. The van der Waals surface area contributed by atoms with Crippen LogP contribution in [0.1, 0.15) is 25.0 Å². The molecule has 0 radical (unpaired) electrons. The van der Waals surface area contributed by atoms with Crippen LogP contribution < -0.4 is 5.73 Å². The van der Waals surface area contributed by atoms with E-state index in [1.165, 1.54) is 23.7 Å². The van der Waals surface area contributed by atoms with Crippen molar-refractivity contribution in [1.82, 2.24) is 0 Å². The van der Waals surface area contributed by atoms with Crippen molar-refractivity contribution in [3.05, 3.63) is 90.5 Å². The minimum atomic E-state index is 1.00. The quantitative estimate of drug-likeness (QED) is 0.778. The van der Waals surface area contributed by atoms with E-state index in [-0.39, 0.29) is 0 Å². The van der Waals surface area contributed by atoms with Gasteiger partial charge in [0, 0.05) is 0 Å². The Balaban J connectivity index is 0.000000713. The Labute approximate surface area is 129 Å². The molecule has 0 aromatic heterocycles. The molecule has 2 aromatic carbocycles. The van der Waals surface area contributed by atoms with Crippen LogP contribution in [0.3, 0.4) is 0 Å². The Morgan fingerprint density at radius 2 is 1.38 bits per heavy atom. The van der Waals surface area contributed by atoms with E-state index >= 15 is 0 Å². The molecular weight excluding hydrogens is 254 g/mol. The summed E-state index contributed by atoms with van der Waals surface area (Å²) >= 11 is 0. The Bertz CT molecular complexity index is 498. The molecule has 2 N–H and O–H groups in total. The predicted octanol–water partition coefficient (Wildman–Crippen LogP) is 5.10. The van der Waals surface area contributed by atoms with Crippen LogP contribution in [-0.4, -0.2) is 7.05 Å². The minimum Gasteiger partial charge on any atom is -0.333 e. The Morgan fingerprint density at radius 1 is 0.952 bits per heavy atom. The van der Waals surface area contributed by atoms with E-state index in [4.69, 9.17) is 0 Å². The van der Waals surface area contributed by atoms with Gasteiger partial charge in [-0.15, -0.1) is 6.58 Å². The summed E-state index contributed by atoms with van der Waals surface area (Å²) in [6.07, 6.45) is 5.03. The van der Waals surface area contributed by atoms with Crippen LogP contribution in [0.4, 0.5) is 0 Å². The first-order chi connectivity index (χ1) is 10.3. The maximum absolute atomic E-state index is 4.50. The summed E-state index contributed by atoms with van der Waals surface area (Å²) < 4.78 is 0. The minimum absolute atomic E-state index is 1.00. The molecule has 1 heteroatoms. The zero-order valence-corrected chi connectivity index (χ0v) is 13.4. The Kier molecular flexibility index (Phi) is 11.6. The van der Waals surface area contributed by atoms with E-state index in [9.17, 15) is 0 Å². The number of hydrogen-bond donors (Lipinski definition) is 1. The van der Waals surface area contributed by atoms with Crippen molar-refractivity contribution < 1.29 is 0 Å². The lowest BCUT2D eigenvalue weighted by molar-refractivity contribution is 1.27. The topological polar surface area (TPSA) is 26.0 Å². The summed E-state index contributed by atoms with van der Waals surface area (Å²) in [7, 11) is 1.50. The molecule has 2 rings (SSSR count). The smallest absolute Gasteiger partial charge is 0.00915 e. The van der Waals surface area contributed by atoms with E-state index in [0.717, 1.165) is 6.42 Å². The van der Waals surface area contributed by atoms with Crippen LogP contribution in [0.5, 0.6) is 0 Å². The van der Waals surface area contributed by atoms with Crippen LogP contribution >= 0.6 is 0 Å². The highest BCUT2D eigenvalue weighted by Crippen LogP contribution is 2.14. The highest BCUT2D eigenvalue weighted by atomic mass is 14.4. The SMILES string of the molecule is C/C(=C\Cc1ccccc1)c1ccccc1.C=CC.CN. The number of benzene rings is 2. The van der Waals surface area contributed by atoms with Gasteiger partial charge in [0.1, 0.15) is 0 Å². The second kappa shape index (κ2) is 12.9. The van der Waals surface area contributed by atoms with Gasteiger partial charge >= 0.3 is 0 Å². The average molecular weight is 281 g/mol. The number of hydrogen-bond acceptors (Lipinski definition) is 1. The van der Waals surface area contributed by atoms with E-state index in [0.29, 0.717) is 0 Å². The van der Waals surface area contributed by atoms with Crippen molar-refractivity contribution in [2.24, 2.45) is 5.73 Å². The lowest BCUT2D eigenvalue weighted by Gasteiger charge is -2.01. The summed E-state index contributed by atoms with van der Waals surface area (Å²) in [6.45, 7) is 7.41. The van der Waals surface area contributed by atoms with Gasteiger partial charge < -0.3 is 5.73 Å². The van der Waals surface area contributed by atoms with E-state index < -0.39 is 0 Å². The molecule has 0 atom stereocenters. The average Bonchev–Trinajstić information content (AvgIpc) is 2.57. The molecule has 0 bridgehead atoms. The van der Waals surface area contributed by atoms with Crippen LogP contribution in [-0.2, 0) is 6.42 Å². The van der Waals surface area contributed by atoms with Crippen molar-refractivity contribution in [3.8, 4) is 0 Å². The van der Waals surface area contributed by atoms with Gasteiger partial charge in [0.25, 0.3) is 0 Å². The van der Waals surface area contributed by atoms with Crippen LogP contribution in [0.25, 0.3) is 5.57 Å². The molecule has 2 aromatic rings. The van der Waals surface area contributed by atoms with E-state index in [1.807, 2.05) is 13.0 Å². The predicted molar refractivity (Wildman–Crippen MR) is 96.2 cm³/mol. The van der Waals surface area contributed by atoms with Gasteiger partial charge in [-0.2, -0.15) is 0 Å². The molecule has 0 saturated carbocycles. The summed E-state index contributed by atoms with van der Waals surface area (Å²) in [6, 6.07) is 21.1. The lowest BCUT2D eigenvalue weighted by Crippen LogP contribution is -1.83. The third-order valence-corrected chi connectivity index (χ3v) is 2.72. The van der Waals surface area contributed by atoms with Crippen molar-refractivity contribution >= 4 is 5.57 Å². The highest BCUT2D eigenvalue weighted by molar-refractivity contribution is 5.63. The molecular formula is C20H27N. The molecule has 21 heavy (non-hydrogen) atoms. The molecule has 112 valence electrons. The largest absolute Gasteiger partial charge is 0.333 e. The molecule has 0 fully saturated rings. The third-order valence-electron chi connectivity index (χ3n) is 2.72. The first kappa shape index (κ1) is 18.9. The molecule has 0 saturated heterocycles. The van der Waals surface area contributed by atoms with Crippen LogP contribution in [0.15, 0.2) is 79.4 Å². The fourth-order valence-electron chi connectivity index (χ4n) is 1.70. The summed E-state index contributed by atoms with van der Waals surface area (Å²) in [4.78, 5) is 0. The summed E-state index contributed by atoms with van der Waals surface area (Å²) in [5, 5.41) is 0. The number of rotatable bonds is 3. The molecule has 0 unspecified atom stereocenters. The van der Waals surface area contributed by atoms with Crippen molar-refractivity contribution in [2.75, 3.05) is 7.05 Å². The molecule has 0 aliphatic heterocycles. The second-order valence-corrected chi connectivity index (χ2v) is 4.35. The van der Waals surface area contributed by atoms with Gasteiger partial charge in [-0.05, 0) is 44.0 Å². The normalized spacial score (nSPS) is 9.62. The fourth-order valence-corrected chi connectivity index (χ4v) is 1.70. The molecule has 0 spiro atoms. The van der Waals surface area contributed by atoms with E-state index in [2.05, 4.69) is 79.9 Å².